The summed E-state index contributed by atoms with van der Waals surface area (Å²) in [6, 6.07) is 3.49. The van der Waals surface area contributed by atoms with E-state index in [-0.39, 0.29) is 11.3 Å². The van der Waals surface area contributed by atoms with E-state index in [0.29, 0.717) is 11.1 Å². The summed E-state index contributed by atoms with van der Waals surface area (Å²) >= 11 is 5.75. The maximum atomic E-state index is 12.6. The molecule has 0 aromatic carbocycles. The number of amides is 1. The van der Waals surface area contributed by atoms with E-state index in [1.54, 1.807) is 18.3 Å². The van der Waals surface area contributed by atoms with Gasteiger partial charge in [-0.25, -0.2) is 4.98 Å². The lowest BCUT2D eigenvalue weighted by Crippen LogP contribution is -2.35. The molecule has 1 aliphatic rings. The van der Waals surface area contributed by atoms with E-state index >= 15 is 0 Å². The van der Waals surface area contributed by atoms with Crippen molar-refractivity contribution in [1.29, 1.82) is 0 Å². The summed E-state index contributed by atoms with van der Waals surface area (Å²) in [5.74, 6) is 0.676. The number of pyridine rings is 1. The van der Waals surface area contributed by atoms with Crippen molar-refractivity contribution in [2.75, 3.05) is 5.32 Å². The van der Waals surface area contributed by atoms with Crippen LogP contribution in [0.4, 0.5) is 5.69 Å². The highest BCUT2D eigenvalue weighted by atomic mass is 35.5. The minimum Gasteiger partial charge on any atom is -0.324 e. The van der Waals surface area contributed by atoms with Gasteiger partial charge in [0.15, 0.2) is 0 Å². The number of aromatic nitrogens is 1. The molecule has 2 rings (SSSR count). The maximum Gasteiger partial charge on any atom is 0.230 e. The van der Waals surface area contributed by atoms with Crippen LogP contribution in [0.3, 0.4) is 0 Å². The van der Waals surface area contributed by atoms with Crippen molar-refractivity contribution in [2.24, 2.45) is 11.3 Å². The van der Waals surface area contributed by atoms with Gasteiger partial charge in [0.1, 0.15) is 5.15 Å². The molecule has 104 valence electrons. The Morgan fingerprint density at radius 2 is 2.11 bits per heavy atom. The summed E-state index contributed by atoms with van der Waals surface area (Å²) in [6.45, 7) is 4.36. The van der Waals surface area contributed by atoms with Crippen molar-refractivity contribution < 1.29 is 4.79 Å². The molecule has 1 heterocycles. The van der Waals surface area contributed by atoms with Gasteiger partial charge in [0.05, 0.1) is 11.9 Å². The summed E-state index contributed by atoms with van der Waals surface area (Å²) in [7, 11) is 0. The van der Waals surface area contributed by atoms with Crippen molar-refractivity contribution in [3.63, 3.8) is 0 Å². The molecule has 1 N–H and O–H groups in total. The average Bonchev–Trinajstić information content (AvgIpc) is 2.81. The van der Waals surface area contributed by atoms with E-state index in [1.807, 2.05) is 0 Å². The number of halogens is 1. The molecule has 4 heteroatoms. The van der Waals surface area contributed by atoms with Gasteiger partial charge in [-0.1, -0.05) is 38.3 Å². The van der Waals surface area contributed by atoms with Crippen molar-refractivity contribution in [3.05, 3.63) is 23.5 Å². The van der Waals surface area contributed by atoms with Gasteiger partial charge in [0.25, 0.3) is 0 Å². The van der Waals surface area contributed by atoms with E-state index in [9.17, 15) is 4.79 Å². The summed E-state index contributed by atoms with van der Waals surface area (Å²) in [4.78, 5) is 16.6. The summed E-state index contributed by atoms with van der Waals surface area (Å²) in [6.07, 6.45) is 6.87. The molecule has 0 aliphatic heterocycles. The highest BCUT2D eigenvalue weighted by Crippen LogP contribution is 2.44. The van der Waals surface area contributed by atoms with Gasteiger partial charge in [-0.2, -0.15) is 0 Å². The molecular weight excluding hydrogens is 260 g/mol. The van der Waals surface area contributed by atoms with Gasteiger partial charge in [-0.3, -0.25) is 4.79 Å². The van der Waals surface area contributed by atoms with Crippen LogP contribution >= 0.6 is 11.6 Å². The van der Waals surface area contributed by atoms with Gasteiger partial charge in [-0.05, 0) is 37.3 Å². The Bertz CT molecular complexity index is 436. The van der Waals surface area contributed by atoms with Crippen LogP contribution < -0.4 is 5.32 Å². The largest absolute Gasteiger partial charge is 0.324 e. The first-order chi connectivity index (χ1) is 9.02. The third-order valence-corrected chi connectivity index (χ3v) is 4.05. The third kappa shape index (κ3) is 3.47. The molecule has 1 amide bonds. The first-order valence-corrected chi connectivity index (χ1v) is 7.33. The number of anilines is 1. The predicted octanol–water partition coefficient (Wildman–Crippen LogP) is 4.28. The molecule has 19 heavy (non-hydrogen) atoms. The van der Waals surface area contributed by atoms with Crippen LogP contribution in [0.25, 0.3) is 0 Å². The molecule has 1 saturated carbocycles. The standard InChI is InChI=1S/C15H21ClN2O/c1-11(2)9-15(7-3-4-8-15)14(19)18-12-5-6-13(16)17-10-12/h5-6,10-11H,3-4,7-9H2,1-2H3,(H,18,19). The first-order valence-electron chi connectivity index (χ1n) is 6.95. The van der Waals surface area contributed by atoms with E-state index < -0.39 is 0 Å². The lowest BCUT2D eigenvalue weighted by Gasteiger charge is -2.29. The number of carbonyl (C=O) groups excluding carboxylic acids is 1. The molecular formula is C15H21ClN2O. The molecule has 0 atom stereocenters. The molecule has 1 fully saturated rings. The average molecular weight is 281 g/mol. The second kappa shape index (κ2) is 5.91. The van der Waals surface area contributed by atoms with Crippen LogP contribution in [-0.2, 0) is 4.79 Å². The Balaban J connectivity index is 2.09. The van der Waals surface area contributed by atoms with Crippen LogP contribution in [0.2, 0.25) is 5.15 Å². The van der Waals surface area contributed by atoms with E-state index in [4.69, 9.17) is 11.6 Å². The number of carbonyl (C=O) groups is 1. The lowest BCUT2D eigenvalue weighted by molar-refractivity contribution is -0.126. The summed E-state index contributed by atoms with van der Waals surface area (Å²) < 4.78 is 0. The van der Waals surface area contributed by atoms with Crippen molar-refractivity contribution >= 4 is 23.2 Å². The summed E-state index contributed by atoms with van der Waals surface area (Å²) in [5.41, 5.74) is 0.540. The fourth-order valence-corrected chi connectivity index (χ4v) is 3.18. The molecule has 3 nitrogen and oxygen atoms in total. The Hall–Kier alpha value is -1.09. The van der Waals surface area contributed by atoms with Crippen molar-refractivity contribution in [1.82, 2.24) is 4.98 Å². The maximum absolute atomic E-state index is 12.6. The zero-order chi connectivity index (χ0) is 13.9. The van der Waals surface area contributed by atoms with Crippen LogP contribution in [0.15, 0.2) is 18.3 Å². The lowest BCUT2D eigenvalue weighted by atomic mass is 9.77. The van der Waals surface area contributed by atoms with Crippen molar-refractivity contribution in [2.45, 2.75) is 46.0 Å². The monoisotopic (exact) mass is 280 g/mol. The van der Waals surface area contributed by atoms with Gasteiger partial charge in [-0.15, -0.1) is 0 Å². The molecule has 1 aromatic rings. The van der Waals surface area contributed by atoms with E-state index in [2.05, 4.69) is 24.1 Å². The first kappa shape index (κ1) is 14.3. The number of rotatable bonds is 4. The topological polar surface area (TPSA) is 42.0 Å². The van der Waals surface area contributed by atoms with Crippen LogP contribution in [0, 0.1) is 11.3 Å². The number of nitrogens with one attached hydrogen (secondary N) is 1. The van der Waals surface area contributed by atoms with Crippen molar-refractivity contribution in [3.8, 4) is 0 Å². The predicted molar refractivity (Wildman–Crippen MR) is 78.2 cm³/mol. The third-order valence-electron chi connectivity index (χ3n) is 3.83. The molecule has 1 aromatic heterocycles. The SMILES string of the molecule is CC(C)CC1(C(=O)Nc2ccc(Cl)nc2)CCCC1. The normalized spacial score (nSPS) is 17.7. The summed E-state index contributed by atoms with van der Waals surface area (Å²) in [5, 5.41) is 3.44. The number of hydrogen-bond acceptors (Lipinski definition) is 2. The molecule has 0 bridgehead atoms. The van der Waals surface area contributed by atoms with Crippen LogP contribution in [-0.4, -0.2) is 10.9 Å². The van der Waals surface area contributed by atoms with E-state index in [1.165, 1.54) is 0 Å². The van der Waals surface area contributed by atoms with Gasteiger partial charge in [0, 0.05) is 5.41 Å². The molecule has 0 unspecified atom stereocenters. The Morgan fingerprint density at radius 3 is 2.63 bits per heavy atom. The number of hydrogen-bond donors (Lipinski definition) is 1. The minimum atomic E-state index is -0.187. The van der Waals surface area contributed by atoms with Gasteiger partial charge in [0.2, 0.25) is 5.91 Å². The number of nitrogens with zero attached hydrogens (tertiary/aromatic N) is 1. The molecule has 0 radical (unpaired) electrons. The molecule has 0 spiro atoms. The Morgan fingerprint density at radius 1 is 1.42 bits per heavy atom. The Kier molecular flexibility index (Phi) is 4.46. The second-order valence-electron chi connectivity index (χ2n) is 5.91. The molecule has 1 aliphatic carbocycles. The second-order valence-corrected chi connectivity index (χ2v) is 6.30. The van der Waals surface area contributed by atoms with Crippen LogP contribution in [0.1, 0.15) is 46.0 Å². The zero-order valence-electron chi connectivity index (χ0n) is 11.6. The highest BCUT2D eigenvalue weighted by molar-refractivity contribution is 6.29. The highest BCUT2D eigenvalue weighted by Gasteiger charge is 2.41. The minimum absolute atomic E-state index is 0.142. The fraction of sp³-hybridized carbons (Fsp3) is 0.600. The molecule has 0 saturated heterocycles. The van der Waals surface area contributed by atoms with Gasteiger partial charge >= 0.3 is 0 Å². The smallest absolute Gasteiger partial charge is 0.230 e. The Labute approximate surface area is 119 Å². The van der Waals surface area contributed by atoms with Crippen LogP contribution in [0.5, 0.6) is 0 Å². The van der Waals surface area contributed by atoms with E-state index in [0.717, 1.165) is 37.8 Å². The quantitative estimate of drug-likeness (QED) is 0.837. The fourth-order valence-electron chi connectivity index (χ4n) is 3.07. The zero-order valence-corrected chi connectivity index (χ0v) is 12.3. The van der Waals surface area contributed by atoms with Gasteiger partial charge < -0.3 is 5.32 Å².